The normalized spacial score (nSPS) is 24.9. The molecular formula is C28H26O9. The van der Waals surface area contributed by atoms with E-state index in [9.17, 15) is 34.8 Å². The number of carbonyl (C=O) groups excluding carboxylic acids is 3. The van der Waals surface area contributed by atoms with E-state index in [2.05, 4.69) is 0 Å². The quantitative estimate of drug-likeness (QED) is 0.458. The topological polar surface area (TPSA) is 151 Å². The molecule has 37 heavy (non-hydrogen) atoms. The molecule has 5 rings (SSSR count). The molecule has 2 aromatic carbocycles. The number of fused-ring (bicyclic) bond motifs is 3. The monoisotopic (exact) mass is 506 g/mol. The highest BCUT2D eigenvalue weighted by atomic mass is 16.5. The van der Waals surface area contributed by atoms with Gasteiger partial charge in [-0.05, 0) is 55.0 Å². The van der Waals surface area contributed by atoms with Crippen LogP contribution in [-0.2, 0) is 20.8 Å². The Kier molecular flexibility index (Phi) is 5.64. The lowest BCUT2D eigenvalue weighted by molar-refractivity contribution is -0.147. The van der Waals surface area contributed by atoms with Crippen LogP contribution in [0.5, 0.6) is 17.2 Å². The number of ether oxygens (including phenoxy) is 2. The summed E-state index contributed by atoms with van der Waals surface area (Å²) in [5, 5.41) is 44.2. The molecule has 3 aliphatic carbocycles. The van der Waals surface area contributed by atoms with Crippen molar-refractivity contribution in [3.8, 4) is 28.4 Å². The maximum absolute atomic E-state index is 13.7. The Hall–Kier alpha value is -4.11. The lowest BCUT2D eigenvalue weighted by Gasteiger charge is -2.46. The summed E-state index contributed by atoms with van der Waals surface area (Å²) >= 11 is 0. The van der Waals surface area contributed by atoms with E-state index < -0.39 is 51.9 Å². The van der Waals surface area contributed by atoms with Gasteiger partial charge in [-0.1, -0.05) is 6.07 Å². The van der Waals surface area contributed by atoms with Crippen LogP contribution in [0.1, 0.15) is 30.9 Å². The number of ketones is 3. The van der Waals surface area contributed by atoms with Crippen molar-refractivity contribution in [1.82, 2.24) is 0 Å². The molecule has 2 aromatic rings. The van der Waals surface area contributed by atoms with Crippen molar-refractivity contribution in [2.45, 2.75) is 31.8 Å². The number of phenolic OH excluding ortho intramolecular Hbond substituents is 1. The third-order valence-electron chi connectivity index (χ3n) is 7.75. The molecule has 0 bridgehead atoms. The molecule has 3 atom stereocenters. The van der Waals surface area contributed by atoms with Gasteiger partial charge in [0.25, 0.3) is 0 Å². The lowest BCUT2D eigenvalue weighted by atomic mass is 9.59. The molecule has 0 unspecified atom stereocenters. The molecule has 1 fully saturated rings. The van der Waals surface area contributed by atoms with Gasteiger partial charge in [-0.2, -0.15) is 0 Å². The average molecular weight is 507 g/mol. The van der Waals surface area contributed by atoms with Gasteiger partial charge >= 0.3 is 0 Å². The highest BCUT2D eigenvalue weighted by Gasteiger charge is 2.60. The molecule has 3 aliphatic rings. The van der Waals surface area contributed by atoms with Crippen LogP contribution in [0.2, 0.25) is 0 Å². The van der Waals surface area contributed by atoms with Gasteiger partial charge in [0.15, 0.2) is 17.2 Å². The van der Waals surface area contributed by atoms with E-state index in [1.54, 1.807) is 24.3 Å². The average Bonchev–Trinajstić information content (AvgIpc) is 2.85. The van der Waals surface area contributed by atoms with Crippen molar-refractivity contribution in [3.05, 3.63) is 58.4 Å². The molecule has 4 N–H and O–H groups in total. The maximum atomic E-state index is 13.7. The van der Waals surface area contributed by atoms with Crippen molar-refractivity contribution in [1.29, 1.82) is 0 Å². The van der Waals surface area contributed by atoms with Crippen molar-refractivity contribution in [2.75, 3.05) is 14.2 Å². The first-order chi connectivity index (χ1) is 17.5. The molecule has 0 radical (unpaired) electrons. The second-order valence-corrected chi connectivity index (χ2v) is 9.65. The summed E-state index contributed by atoms with van der Waals surface area (Å²) in [5.74, 6) is -4.62. The van der Waals surface area contributed by atoms with Gasteiger partial charge < -0.3 is 29.9 Å². The number of methoxy groups -OCH3 is 2. The Labute approximate surface area is 212 Å². The van der Waals surface area contributed by atoms with E-state index in [1.807, 2.05) is 0 Å². The van der Waals surface area contributed by atoms with Crippen molar-refractivity contribution in [2.24, 2.45) is 11.8 Å². The van der Waals surface area contributed by atoms with E-state index in [0.29, 0.717) is 28.2 Å². The summed E-state index contributed by atoms with van der Waals surface area (Å²) < 4.78 is 10.8. The van der Waals surface area contributed by atoms with E-state index in [1.165, 1.54) is 20.3 Å². The lowest BCUT2D eigenvalue weighted by Crippen LogP contribution is -2.57. The number of aliphatic hydroxyl groups excluding tert-OH is 2. The Morgan fingerprint density at radius 1 is 1.00 bits per heavy atom. The van der Waals surface area contributed by atoms with Gasteiger partial charge in [0.1, 0.15) is 34.3 Å². The largest absolute Gasteiger partial charge is 0.508 e. The Morgan fingerprint density at radius 2 is 1.70 bits per heavy atom. The Morgan fingerprint density at radius 3 is 2.35 bits per heavy atom. The highest BCUT2D eigenvalue weighted by Crippen LogP contribution is 2.53. The van der Waals surface area contributed by atoms with Crippen LogP contribution in [0.15, 0.2) is 47.2 Å². The number of allylic oxidation sites excluding steroid dienone is 1. The van der Waals surface area contributed by atoms with E-state index >= 15 is 0 Å². The third-order valence-corrected chi connectivity index (χ3v) is 7.75. The molecule has 0 saturated heterocycles. The summed E-state index contributed by atoms with van der Waals surface area (Å²) in [6.07, 6.45) is 0.0128. The minimum atomic E-state index is -2.52. The number of benzene rings is 2. The number of carbonyl (C=O) groups is 3. The first-order valence-electron chi connectivity index (χ1n) is 11.8. The van der Waals surface area contributed by atoms with Crippen LogP contribution in [0.4, 0.5) is 0 Å². The molecule has 0 spiro atoms. The Bertz CT molecular complexity index is 1450. The molecular weight excluding hydrogens is 480 g/mol. The summed E-state index contributed by atoms with van der Waals surface area (Å²) in [6.45, 7) is 1.07. The molecule has 0 aliphatic heterocycles. The fraction of sp³-hybridized carbons (Fsp3) is 0.321. The number of Topliss-reactive ketones (excluding diaryl/α,β-unsaturated/α-hetero) is 3. The summed E-state index contributed by atoms with van der Waals surface area (Å²) in [5.41, 5.74) is -1.32. The van der Waals surface area contributed by atoms with Gasteiger partial charge in [0.2, 0.25) is 5.78 Å². The van der Waals surface area contributed by atoms with Crippen molar-refractivity contribution < 1.29 is 44.3 Å². The van der Waals surface area contributed by atoms with Crippen LogP contribution in [0.25, 0.3) is 16.9 Å². The first kappa shape index (κ1) is 24.6. The maximum Gasteiger partial charge on any atom is 0.202 e. The number of aliphatic hydroxyl groups is 3. The first-order valence-corrected chi connectivity index (χ1v) is 11.8. The molecule has 0 amide bonds. The number of phenols is 1. The van der Waals surface area contributed by atoms with Crippen LogP contribution in [0, 0.1) is 11.8 Å². The van der Waals surface area contributed by atoms with Crippen LogP contribution < -0.4 is 9.47 Å². The third kappa shape index (κ3) is 3.37. The fourth-order valence-corrected chi connectivity index (χ4v) is 6.00. The van der Waals surface area contributed by atoms with Crippen LogP contribution in [-0.4, -0.2) is 57.6 Å². The van der Waals surface area contributed by atoms with Crippen LogP contribution in [0.3, 0.4) is 0 Å². The zero-order chi connectivity index (χ0) is 26.8. The fourth-order valence-electron chi connectivity index (χ4n) is 6.00. The molecule has 9 heteroatoms. The van der Waals surface area contributed by atoms with E-state index in [0.717, 1.165) is 6.92 Å². The van der Waals surface area contributed by atoms with E-state index in [-0.39, 0.29) is 36.1 Å². The minimum absolute atomic E-state index is 0.0409. The second-order valence-electron chi connectivity index (χ2n) is 9.65. The van der Waals surface area contributed by atoms with Gasteiger partial charge in [0, 0.05) is 29.5 Å². The van der Waals surface area contributed by atoms with Gasteiger partial charge in [0.05, 0.1) is 19.8 Å². The molecule has 1 saturated carbocycles. The molecule has 192 valence electrons. The number of rotatable bonds is 4. The zero-order valence-electron chi connectivity index (χ0n) is 20.5. The standard InChI is InChI=1S/C28H26O9/c1-12(29)22-20(31)10-14-8-13-9-18-16(17-5-4-15(36-2)11-21(17)37-3)6-7-19(30)24(18)25(32)23(13)27(34)28(14,35)26(22)33/h4-7,11,13-14,30,32-33,35H,8-10H2,1-3H3/t13-,14+,28-/m1/s1. The second kappa shape index (κ2) is 8.48. The predicted molar refractivity (Wildman–Crippen MR) is 131 cm³/mol. The number of aromatic hydroxyl groups is 1. The van der Waals surface area contributed by atoms with Crippen molar-refractivity contribution >= 4 is 23.1 Å². The van der Waals surface area contributed by atoms with Gasteiger partial charge in [-0.15, -0.1) is 0 Å². The summed E-state index contributed by atoms with van der Waals surface area (Å²) in [4.78, 5) is 38.2. The Balaban J connectivity index is 1.71. The predicted octanol–water partition coefficient (Wildman–Crippen LogP) is 3.21. The summed E-state index contributed by atoms with van der Waals surface area (Å²) in [6, 6.07) is 8.33. The molecule has 9 nitrogen and oxygen atoms in total. The van der Waals surface area contributed by atoms with Crippen LogP contribution >= 0.6 is 0 Å². The number of hydrogen-bond donors (Lipinski definition) is 4. The highest BCUT2D eigenvalue weighted by molar-refractivity contribution is 6.23. The van der Waals surface area contributed by atoms with Gasteiger partial charge in [-0.3, -0.25) is 14.4 Å². The molecule has 0 aromatic heterocycles. The minimum Gasteiger partial charge on any atom is -0.508 e. The summed E-state index contributed by atoms with van der Waals surface area (Å²) in [7, 11) is 3.04. The number of hydrogen-bond acceptors (Lipinski definition) is 9. The van der Waals surface area contributed by atoms with Crippen molar-refractivity contribution in [3.63, 3.8) is 0 Å². The molecule has 0 heterocycles. The van der Waals surface area contributed by atoms with Gasteiger partial charge in [-0.25, -0.2) is 0 Å². The SMILES string of the molecule is COc1ccc(-c2ccc(O)c3c2C[C@H]2C[C@H]4CC(=O)C(C(C)=O)=C(O)[C@@]4(O)C(=O)C2=C3O)c(OC)c1. The zero-order valence-corrected chi connectivity index (χ0v) is 20.5. The smallest absolute Gasteiger partial charge is 0.202 e. The van der Waals surface area contributed by atoms with E-state index in [4.69, 9.17) is 9.47 Å².